The normalized spacial score (nSPS) is 9.85. The van der Waals surface area contributed by atoms with E-state index in [0.29, 0.717) is 13.0 Å². The van der Waals surface area contributed by atoms with E-state index >= 15 is 0 Å². The summed E-state index contributed by atoms with van der Waals surface area (Å²) in [5.41, 5.74) is 0.727. The van der Waals surface area contributed by atoms with Gasteiger partial charge >= 0.3 is 5.97 Å². The number of rotatable bonds is 9. The molecular weight excluding hydrogens is 258 g/mol. The summed E-state index contributed by atoms with van der Waals surface area (Å²) in [6, 6.07) is 9.25. The maximum atomic E-state index is 11.7. The summed E-state index contributed by atoms with van der Waals surface area (Å²) in [5, 5.41) is 0.809. The van der Waals surface area contributed by atoms with Crippen LogP contribution in [0, 0.1) is 0 Å². The first-order chi connectivity index (χ1) is 9.69. The molecule has 0 aliphatic carbocycles. The van der Waals surface area contributed by atoms with Crippen LogP contribution in [0.15, 0.2) is 42.6 Å². The van der Waals surface area contributed by atoms with Gasteiger partial charge in [-0.05, 0) is 12.0 Å². The molecule has 0 heterocycles. The molecule has 5 nitrogen and oxygen atoms in total. The second kappa shape index (κ2) is 8.87. The van der Waals surface area contributed by atoms with Gasteiger partial charge in [0.05, 0.1) is 6.61 Å². The molecule has 0 N–H and O–H groups in total. The van der Waals surface area contributed by atoms with E-state index in [2.05, 4.69) is 6.58 Å². The number of carbonyl (C=O) groups excluding carboxylic acids is 2. The van der Waals surface area contributed by atoms with Crippen LogP contribution < -0.4 is 0 Å². The average molecular weight is 277 g/mol. The molecule has 5 heteroatoms. The molecule has 0 fully saturated rings. The van der Waals surface area contributed by atoms with E-state index in [1.54, 1.807) is 0 Å². The highest BCUT2D eigenvalue weighted by Crippen LogP contribution is 2.07. The molecule has 0 aromatic heterocycles. The second-order valence-electron chi connectivity index (χ2n) is 4.13. The van der Waals surface area contributed by atoms with Crippen molar-refractivity contribution in [1.29, 1.82) is 0 Å². The van der Waals surface area contributed by atoms with Gasteiger partial charge in [0.1, 0.15) is 6.61 Å². The Hall–Kier alpha value is -2.14. The number of hydroxylamine groups is 2. The van der Waals surface area contributed by atoms with Crippen LogP contribution in [0.3, 0.4) is 0 Å². The van der Waals surface area contributed by atoms with Gasteiger partial charge in [-0.25, -0.2) is 4.79 Å². The van der Waals surface area contributed by atoms with Crippen molar-refractivity contribution in [2.45, 2.75) is 26.4 Å². The predicted molar refractivity (Wildman–Crippen MR) is 74.1 cm³/mol. The lowest BCUT2D eigenvalue weighted by atomic mass is 10.2. The van der Waals surface area contributed by atoms with E-state index in [4.69, 9.17) is 9.57 Å². The molecule has 1 amide bonds. The second-order valence-corrected chi connectivity index (χ2v) is 4.13. The molecule has 1 aromatic rings. The number of esters is 1. The van der Waals surface area contributed by atoms with Gasteiger partial charge in [-0.2, -0.15) is 5.06 Å². The molecule has 0 radical (unpaired) electrons. The Bertz CT molecular complexity index is 444. The van der Waals surface area contributed by atoms with Crippen LogP contribution >= 0.6 is 0 Å². The van der Waals surface area contributed by atoms with Gasteiger partial charge in [-0.1, -0.05) is 50.3 Å². The van der Waals surface area contributed by atoms with Crippen molar-refractivity contribution in [2.75, 3.05) is 6.61 Å². The Kier molecular flexibility index (Phi) is 7.06. The number of hydrogen-bond donors (Lipinski definition) is 0. The van der Waals surface area contributed by atoms with Crippen LogP contribution in [0.4, 0.5) is 0 Å². The third-order valence-electron chi connectivity index (χ3n) is 2.54. The van der Waals surface area contributed by atoms with Gasteiger partial charge in [0.2, 0.25) is 6.41 Å². The number of carbonyl (C=O) groups is 2. The van der Waals surface area contributed by atoms with Crippen molar-refractivity contribution in [2.24, 2.45) is 0 Å². The monoisotopic (exact) mass is 277 g/mol. The maximum absolute atomic E-state index is 11.7. The summed E-state index contributed by atoms with van der Waals surface area (Å²) in [6.45, 7) is 5.98. The lowest BCUT2D eigenvalue weighted by Gasteiger charge is -2.17. The zero-order valence-corrected chi connectivity index (χ0v) is 11.6. The summed E-state index contributed by atoms with van der Waals surface area (Å²) in [6.07, 6.45) is 2.12. The fourth-order valence-electron chi connectivity index (χ4n) is 1.38. The highest BCUT2D eigenvalue weighted by molar-refractivity contribution is 5.89. The van der Waals surface area contributed by atoms with Crippen molar-refractivity contribution in [3.8, 4) is 0 Å². The number of benzene rings is 1. The van der Waals surface area contributed by atoms with E-state index < -0.39 is 5.97 Å². The van der Waals surface area contributed by atoms with Crippen LogP contribution in [0.1, 0.15) is 25.3 Å². The quantitative estimate of drug-likeness (QED) is 0.229. The summed E-state index contributed by atoms with van der Waals surface area (Å²) < 4.78 is 5.06. The molecule has 0 bridgehead atoms. The minimum Gasteiger partial charge on any atom is -0.456 e. The van der Waals surface area contributed by atoms with E-state index in [-0.39, 0.29) is 12.3 Å². The maximum Gasteiger partial charge on any atom is 0.357 e. The Morgan fingerprint density at radius 1 is 1.35 bits per heavy atom. The van der Waals surface area contributed by atoms with Crippen LogP contribution in [-0.4, -0.2) is 24.0 Å². The number of unbranched alkanes of at least 4 members (excludes halogenated alkanes) is 1. The predicted octanol–water partition coefficient (Wildman–Crippen LogP) is 2.43. The van der Waals surface area contributed by atoms with Crippen molar-refractivity contribution >= 4 is 12.4 Å². The van der Waals surface area contributed by atoms with Crippen molar-refractivity contribution in [3.05, 3.63) is 48.2 Å². The van der Waals surface area contributed by atoms with E-state index in [0.717, 1.165) is 23.5 Å². The summed E-state index contributed by atoms with van der Waals surface area (Å²) in [7, 11) is 0. The molecular formula is C15H19NO4. The van der Waals surface area contributed by atoms with Crippen LogP contribution in [0.5, 0.6) is 0 Å². The zero-order chi connectivity index (χ0) is 14.8. The lowest BCUT2D eigenvalue weighted by molar-refractivity contribution is -0.170. The van der Waals surface area contributed by atoms with E-state index in [1.807, 2.05) is 37.3 Å². The van der Waals surface area contributed by atoms with Crippen LogP contribution in [-0.2, 0) is 25.8 Å². The largest absolute Gasteiger partial charge is 0.456 e. The molecule has 0 saturated carbocycles. The SMILES string of the molecule is C=C(C(=O)OCc1ccccc1)N(C=O)OCCCC. The van der Waals surface area contributed by atoms with Gasteiger partial charge in [0.15, 0.2) is 5.70 Å². The Morgan fingerprint density at radius 3 is 2.65 bits per heavy atom. The summed E-state index contributed by atoms with van der Waals surface area (Å²) in [4.78, 5) is 27.7. The standard InChI is InChI=1S/C15H19NO4/c1-3-4-10-20-16(12-17)13(2)15(18)19-11-14-8-6-5-7-9-14/h5-9,12H,2-4,10-11H2,1H3. The fourth-order valence-corrected chi connectivity index (χ4v) is 1.38. The van der Waals surface area contributed by atoms with Gasteiger partial charge in [0.25, 0.3) is 0 Å². The Morgan fingerprint density at radius 2 is 2.05 bits per heavy atom. The fraction of sp³-hybridized carbons (Fsp3) is 0.333. The van der Waals surface area contributed by atoms with E-state index in [1.165, 1.54) is 0 Å². The topological polar surface area (TPSA) is 55.8 Å². The van der Waals surface area contributed by atoms with E-state index in [9.17, 15) is 9.59 Å². The van der Waals surface area contributed by atoms with Crippen molar-refractivity contribution in [3.63, 3.8) is 0 Å². The minimum atomic E-state index is -0.683. The minimum absolute atomic E-state index is 0.125. The third kappa shape index (κ3) is 5.24. The number of nitrogens with zero attached hydrogens (tertiary/aromatic N) is 1. The summed E-state index contributed by atoms with van der Waals surface area (Å²) >= 11 is 0. The molecule has 1 aromatic carbocycles. The number of ether oxygens (including phenoxy) is 1. The molecule has 0 spiro atoms. The van der Waals surface area contributed by atoms with Crippen LogP contribution in [0.25, 0.3) is 0 Å². The molecule has 0 unspecified atom stereocenters. The molecule has 1 rings (SSSR count). The summed E-state index contributed by atoms with van der Waals surface area (Å²) in [5.74, 6) is -0.683. The van der Waals surface area contributed by atoms with Gasteiger partial charge in [0, 0.05) is 0 Å². The van der Waals surface area contributed by atoms with Gasteiger partial charge in [-0.3, -0.25) is 9.63 Å². The first kappa shape index (κ1) is 15.9. The smallest absolute Gasteiger partial charge is 0.357 e. The third-order valence-corrected chi connectivity index (χ3v) is 2.54. The number of hydrogen-bond acceptors (Lipinski definition) is 4. The highest BCUT2D eigenvalue weighted by atomic mass is 16.7. The number of amides is 1. The highest BCUT2D eigenvalue weighted by Gasteiger charge is 2.17. The molecule has 0 atom stereocenters. The molecule has 0 aliphatic heterocycles. The molecule has 20 heavy (non-hydrogen) atoms. The van der Waals surface area contributed by atoms with Gasteiger partial charge < -0.3 is 4.74 Å². The molecule has 0 saturated heterocycles. The first-order valence-corrected chi connectivity index (χ1v) is 6.46. The Balaban J connectivity index is 2.44. The van der Waals surface area contributed by atoms with Gasteiger partial charge in [-0.15, -0.1) is 0 Å². The molecule has 108 valence electrons. The van der Waals surface area contributed by atoms with Crippen molar-refractivity contribution in [1.82, 2.24) is 5.06 Å². The molecule has 0 aliphatic rings. The lowest BCUT2D eigenvalue weighted by Crippen LogP contribution is -2.27. The average Bonchev–Trinajstić information content (AvgIpc) is 2.49. The van der Waals surface area contributed by atoms with Crippen LogP contribution in [0.2, 0.25) is 0 Å². The Labute approximate surface area is 118 Å². The van der Waals surface area contributed by atoms with Crippen molar-refractivity contribution < 1.29 is 19.2 Å². The first-order valence-electron chi connectivity index (χ1n) is 6.46. The zero-order valence-electron chi connectivity index (χ0n) is 11.6.